The van der Waals surface area contributed by atoms with Crippen molar-refractivity contribution in [2.24, 2.45) is 4.99 Å². The number of guanidine groups is 1. The summed E-state index contributed by atoms with van der Waals surface area (Å²) in [5.74, 6) is 0.850. The number of likely N-dealkylation sites (tertiary alicyclic amines) is 1. The molecule has 166 valence electrons. The van der Waals surface area contributed by atoms with Crippen LogP contribution in [0.2, 0.25) is 0 Å². The molecule has 0 aliphatic carbocycles. The number of carbonyl (C=O) groups is 1. The van der Waals surface area contributed by atoms with Crippen molar-refractivity contribution in [2.45, 2.75) is 25.9 Å². The molecule has 1 unspecified atom stereocenters. The molecule has 1 aromatic carbocycles. The van der Waals surface area contributed by atoms with Crippen molar-refractivity contribution in [3.05, 3.63) is 35.6 Å². The molecule has 0 bridgehead atoms. The van der Waals surface area contributed by atoms with Gasteiger partial charge in [-0.1, -0.05) is 12.1 Å². The summed E-state index contributed by atoms with van der Waals surface area (Å²) in [4.78, 5) is 23.6. The Morgan fingerprint density at radius 1 is 1.10 bits per heavy atom. The van der Waals surface area contributed by atoms with Crippen LogP contribution in [0.25, 0.3) is 0 Å². The van der Waals surface area contributed by atoms with Gasteiger partial charge in [0.05, 0.1) is 13.1 Å². The fraction of sp³-hybridized carbons (Fsp3) is 0.636. The summed E-state index contributed by atoms with van der Waals surface area (Å²) in [5, 5.41) is 3.36. The predicted molar refractivity (Wildman–Crippen MR) is 116 cm³/mol. The average Bonchev–Trinajstić information content (AvgIpc) is 3.30. The van der Waals surface area contributed by atoms with Gasteiger partial charge in [-0.3, -0.25) is 14.7 Å². The summed E-state index contributed by atoms with van der Waals surface area (Å²) in [6.07, 6.45) is 2.03. The lowest BCUT2D eigenvalue weighted by Gasteiger charge is -2.36. The van der Waals surface area contributed by atoms with Crippen molar-refractivity contribution < 1.29 is 13.9 Å². The first-order valence-electron chi connectivity index (χ1n) is 10.9. The lowest BCUT2D eigenvalue weighted by atomic mass is 10.1. The van der Waals surface area contributed by atoms with E-state index in [-0.39, 0.29) is 17.8 Å². The minimum absolute atomic E-state index is 0.223. The van der Waals surface area contributed by atoms with Gasteiger partial charge < -0.3 is 19.9 Å². The SMILES string of the molecule is CCNC(=NCC(OC)c1ccc(F)cc1)N1CCN(CC(=O)N2CCCC2)CC1. The summed E-state index contributed by atoms with van der Waals surface area (Å²) in [7, 11) is 1.65. The molecule has 2 fully saturated rings. The predicted octanol–water partition coefficient (Wildman–Crippen LogP) is 1.72. The topological polar surface area (TPSA) is 60.4 Å². The van der Waals surface area contributed by atoms with Crippen molar-refractivity contribution in [1.82, 2.24) is 20.0 Å². The van der Waals surface area contributed by atoms with E-state index >= 15 is 0 Å². The maximum Gasteiger partial charge on any atom is 0.236 e. The molecule has 30 heavy (non-hydrogen) atoms. The third-order valence-corrected chi connectivity index (χ3v) is 5.76. The largest absolute Gasteiger partial charge is 0.375 e. The molecule has 8 heteroatoms. The van der Waals surface area contributed by atoms with Crippen LogP contribution in [0.4, 0.5) is 4.39 Å². The highest BCUT2D eigenvalue weighted by atomic mass is 19.1. The fourth-order valence-electron chi connectivity index (χ4n) is 3.96. The highest BCUT2D eigenvalue weighted by molar-refractivity contribution is 5.80. The maximum absolute atomic E-state index is 13.2. The number of amides is 1. The quantitative estimate of drug-likeness (QED) is 0.539. The second-order valence-electron chi connectivity index (χ2n) is 7.82. The molecule has 1 atom stereocenters. The normalized spacial score (nSPS) is 19.2. The summed E-state index contributed by atoms with van der Waals surface area (Å²) in [6.45, 7) is 8.95. The Hall–Kier alpha value is -2.19. The molecule has 1 aromatic rings. The van der Waals surface area contributed by atoms with E-state index in [1.54, 1.807) is 19.2 Å². The minimum Gasteiger partial charge on any atom is -0.375 e. The van der Waals surface area contributed by atoms with Gasteiger partial charge in [-0.2, -0.15) is 0 Å². The Balaban J connectivity index is 1.54. The van der Waals surface area contributed by atoms with Crippen LogP contribution < -0.4 is 5.32 Å². The van der Waals surface area contributed by atoms with Crippen LogP contribution in [-0.4, -0.2) is 92.6 Å². The van der Waals surface area contributed by atoms with Crippen molar-refractivity contribution in [2.75, 3.05) is 66.0 Å². The van der Waals surface area contributed by atoms with Gasteiger partial charge in [0.15, 0.2) is 5.96 Å². The molecule has 2 saturated heterocycles. The third-order valence-electron chi connectivity index (χ3n) is 5.76. The lowest BCUT2D eigenvalue weighted by Crippen LogP contribution is -2.54. The van der Waals surface area contributed by atoms with E-state index in [9.17, 15) is 9.18 Å². The zero-order valence-electron chi connectivity index (χ0n) is 18.1. The molecule has 3 rings (SSSR count). The monoisotopic (exact) mass is 419 g/mol. The molecule has 2 heterocycles. The van der Waals surface area contributed by atoms with Gasteiger partial charge >= 0.3 is 0 Å². The smallest absolute Gasteiger partial charge is 0.236 e. The van der Waals surface area contributed by atoms with Gasteiger partial charge in [-0.05, 0) is 37.5 Å². The Bertz CT molecular complexity index is 698. The maximum atomic E-state index is 13.2. The first-order chi connectivity index (χ1) is 14.6. The standard InChI is InChI=1S/C22H34FN5O2/c1-3-24-22(25-16-20(30-2)18-6-8-19(23)9-7-18)28-14-12-26(13-15-28)17-21(29)27-10-4-5-11-27/h6-9,20H,3-5,10-17H2,1-2H3,(H,24,25). The van der Waals surface area contributed by atoms with Gasteiger partial charge in [-0.25, -0.2) is 4.39 Å². The van der Waals surface area contributed by atoms with Crippen molar-refractivity contribution in [3.63, 3.8) is 0 Å². The summed E-state index contributed by atoms with van der Waals surface area (Å²) < 4.78 is 18.8. The second-order valence-corrected chi connectivity index (χ2v) is 7.82. The number of hydrogen-bond acceptors (Lipinski definition) is 4. The molecular weight excluding hydrogens is 385 g/mol. The minimum atomic E-state index is -0.258. The van der Waals surface area contributed by atoms with Crippen LogP contribution >= 0.6 is 0 Å². The molecule has 0 aromatic heterocycles. The van der Waals surface area contributed by atoms with Gasteiger partial charge in [0.2, 0.25) is 5.91 Å². The number of methoxy groups -OCH3 is 1. The van der Waals surface area contributed by atoms with E-state index in [1.807, 2.05) is 11.8 Å². The van der Waals surface area contributed by atoms with Crippen LogP contribution in [0, 0.1) is 5.82 Å². The van der Waals surface area contributed by atoms with Crippen molar-refractivity contribution in [3.8, 4) is 0 Å². The van der Waals surface area contributed by atoms with Crippen LogP contribution in [0.15, 0.2) is 29.3 Å². The van der Waals surface area contributed by atoms with E-state index in [2.05, 4.69) is 15.1 Å². The summed E-state index contributed by atoms with van der Waals surface area (Å²) in [6, 6.07) is 6.36. The van der Waals surface area contributed by atoms with Crippen LogP contribution in [0.1, 0.15) is 31.4 Å². The number of halogens is 1. The number of aliphatic imine (C=N–C) groups is 1. The molecule has 1 amide bonds. The average molecular weight is 420 g/mol. The van der Waals surface area contributed by atoms with Gasteiger partial charge in [0.1, 0.15) is 11.9 Å². The fourth-order valence-corrected chi connectivity index (χ4v) is 3.96. The second kappa shape index (κ2) is 11.3. The molecule has 2 aliphatic rings. The van der Waals surface area contributed by atoms with E-state index in [4.69, 9.17) is 9.73 Å². The van der Waals surface area contributed by atoms with Gasteiger partial charge in [0, 0.05) is 52.9 Å². The Morgan fingerprint density at radius 2 is 1.77 bits per heavy atom. The van der Waals surface area contributed by atoms with Crippen LogP contribution in [-0.2, 0) is 9.53 Å². The van der Waals surface area contributed by atoms with E-state index < -0.39 is 0 Å². The molecule has 0 saturated carbocycles. The van der Waals surface area contributed by atoms with Gasteiger partial charge in [-0.15, -0.1) is 0 Å². The van der Waals surface area contributed by atoms with Gasteiger partial charge in [0.25, 0.3) is 0 Å². The van der Waals surface area contributed by atoms with E-state index in [0.29, 0.717) is 13.1 Å². The molecule has 1 N–H and O–H groups in total. The highest BCUT2D eigenvalue weighted by Gasteiger charge is 2.24. The number of rotatable bonds is 7. The number of nitrogens with zero attached hydrogens (tertiary/aromatic N) is 4. The lowest BCUT2D eigenvalue weighted by molar-refractivity contribution is -0.131. The zero-order chi connectivity index (χ0) is 21.3. The Kier molecular flexibility index (Phi) is 8.45. The number of hydrogen-bond donors (Lipinski definition) is 1. The molecule has 0 spiro atoms. The van der Waals surface area contributed by atoms with Crippen LogP contribution in [0.5, 0.6) is 0 Å². The number of piperazine rings is 1. The molecule has 0 radical (unpaired) electrons. The molecule has 2 aliphatic heterocycles. The Labute approximate surface area is 178 Å². The highest BCUT2D eigenvalue weighted by Crippen LogP contribution is 2.18. The third kappa shape index (κ3) is 6.15. The number of carbonyl (C=O) groups excluding carboxylic acids is 1. The number of benzene rings is 1. The molecular formula is C22H34FN5O2. The molecule has 7 nitrogen and oxygen atoms in total. The summed E-state index contributed by atoms with van der Waals surface area (Å²) >= 11 is 0. The van der Waals surface area contributed by atoms with E-state index in [0.717, 1.165) is 70.2 Å². The summed E-state index contributed by atoms with van der Waals surface area (Å²) in [5.41, 5.74) is 0.906. The van der Waals surface area contributed by atoms with Crippen molar-refractivity contribution in [1.29, 1.82) is 0 Å². The van der Waals surface area contributed by atoms with Crippen LogP contribution in [0.3, 0.4) is 0 Å². The Morgan fingerprint density at radius 3 is 2.37 bits per heavy atom. The zero-order valence-corrected chi connectivity index (χ0v) is 18.1. The number of nitrogens with one attached hydrogen (secondary N) is 1. The van der Waals surface area contributed by atoms with Crippen molar-refractivity contribution >= 4 is 11.9 Å². The number of ether oxygens (including phenoxy) is 1. The van der Waals surface area contributed by atoms with E-state index in [1.165, 1.54) is 12.1 Å². The first kappa shape index (κ1) is 22.5. The first-order valence-corrected chi connectivity index (χ1v) is 10.9.